The van der Waals surface area contributed by atoms with E-state index in [4.69, 9.17) is 5.11 Å². The summed E-state index contributed by atoms with van der Waals surface area (Å²) in [6, 6.07) is 5.58. The van der Waals surface area contributed by atoms with Crippen LogP contribution in [0.5, 0.6) is 0 Å². The molecule has 4 heteroatoms. The highest BCUT2D eigenvalue weighted by Gasteiger charge is 2.42. The first-order valence-corrected chi connectivity index (χ1v) is 6.04. The Labute approximate surface area is 106 Å². The van der Waals surface area contributed by atoms with Gasteiger partial charge in [0, 0.05) is 18.2 Å². The van der Waals surface area contributed by atoms with Gasteiger partial charge < -0.3 is 10.0 Å². The van der Waals surface area contributed by atoms with Gasteiger partial charge in [-0.2, -0.15) is 0 Å². The second-order valence-electron chi connectivity index (χ2n) is 4.94. The highest BCUT2D eigenvalue weighted by molar-refractivity contribution is 6.00. The second kappa shape index (κ2) is 4.44. The van der Waals surface area contributed by atoms with Gasteiger partial charge in [0.05, 0.1) is 5.92 Å². The number of nitrogens with zero attached hydrogens (tertiary/aromatic N) is 1. The molecule has 1 heterocycles. The number of aliphatic carboxylic acids is 1. The second-order valence-corrected chi connectivity index (χ2v) is 4.94. The molecule has 1 N–H and O–H groups in total. The highest BCUT2D eigenvalue weighted by Crippen LogP contribution is 2.33. The number of amides is 1. The SMILES string of the molecule is Cc1ccc(C)c(N2C(=O)CC(C(=O)O)C2C)c1. The maximum atomic E-state index is 12.0. The highest BCUT2D eigenvalue weighted by atomic mass is 16.4. The third-order valence-corrected chi connectivity index (χ3v) is 3.59. The number of hydrogen-bond acceptors (Lipinski definition) is 2. The Balaban J connectivity index is 2.41. The molecule has 4 nitrogen and oxygen atoms in total. The number of carbonyl (C=O) groups is 2. The lowest BCUT2D eigenvalue weighted by Crippen LogP contribution is -2.35. The summed E-state index contributed by atoms with van der Waals surface area (Å²) in [7, 11) is 0. The Kier molecular flexibility index (Phi) is 3.11. The number of anilines is 1. The van der Waals surface area contributed by atoms with Crippen LogP contribution in [0.25, 0.3) is 0 Å². The molecule has 1 aromatic rings. The minimum absolute atomic E-state index is 0.0872. The van der Waals surface area contributed by atoms with Gasteiger partial charge in [0.25, 0.3) is 0 Å². The molecule has 2 atom stereocenters. The summed E-state index contributed by atoms with van der Waals surface area (Å²) >= 11 is 0. The molecule has 0 aliphatic carbocycles. The van der Waals surface area contributed by atoms with Gasteiger partial charge in [-0.05, 0) is 38.0 Å². The fraction of sp³-hybridized carbons (Fsp3) is 0.429. The van der Waals surface area contributed by atoms with E-state index in [-0.39, 0.29) is 18.4 Å². The Morgan fingerprint density at radius 1 is 1.39 bits per heavy atom. The Hall–Kier alpha value is -1.84. The van der Waals surface area contributed by atoms with Crippen molar-refractivity contribution in [3.05, 3.63) is 29.3 Å². The van der Waals surface area contributed by atoms with Crippen molar-refractivity contribution in [3.8, 4) is 0 Å². The van der Waals surface area contributed by atoms with Crippen LogP contribution in [0.15, 0.2) is 18.2 Å². The molecule has 1 fully saturated rings. The van der Waals surface area contributed by atoms with Crippen molar-refractivity contribution in [2.45, 2.75) is 33.2 Å². The lowest BCUT2D eigenvalue weighted by Gasteiger charge is -2.25. The molecule has 1 amide bonds. The van der Waals surface area contributed by atoms with Gasteiger partial charge >= 0.3 is 5.97 Å². The summed E-state index contributed by atoms with van der Waals surface area (Å²) in [5, 5.41) is 9.11. The Morgan fingerprint density at radius 2 is 2.06 bits per heavy atom. The molecular weight excluding hydrogens is 230 g/mol. The van der Waals surface area contributed by atoms with Crippen LogP contribution in [0.1, 0.15) is 24.5 Å². The number of carboxylic acids is 1. The monoisotopic (exact) mass is 247 g/mol. The lowest BCUT2D eigenvalue weighted by atomic mass is 10.0. The summed E-state index contributed by atoms with van der Waals surface area (Å²) in [6.45, 7) is 5.69. The zero-order valence-electron chi connectivity index (χ0n) is 10.8. The zero-order chi connectivity index (χ0) is 13.4. The predicted molar refractivity (Wildman–Crippen MR) is 68.6 cm³/mol. The number of carboxylic acid groups (broad SMARTS) is 1. The van der Waals surface area contributed by atoms with Gasteiger partial charge in [-0.15, -0.1) is 0 Å². The summed E-state index contributed by atoms with van der Waals surface area (Å²) in [5.74, 6) is -1.62. The third kappa shape index (κ3) is 1.98. The van der Waals surface area contributed by atoms with Crippen molar-refractivity contribution in [1.29, 1.82) is 0 Å². The van der Waals surface area contributed by atoms with E-state index in [2.05, 4.69) is 0 Å². The van der Waals surface area contributed by atoms with Crippen LogP contribution in [0.2, 0.25) is 0 Å². The molecule has 0 bridgehead atoms. The van der Waals surface area contributed by atoms with Crippen molar-refractivity contribution in [2.75, 3.05) is 4.90 Å². The van der Waals surface area contributed by atoms with Gasteiger partial charge in [0.2, 0.25) is 5.91 Å². The van der Waals surface area contributed by atoms with Gasteiger partial charge in [-0.3, -0.25) is 9.59 Å². The van der Waals surface area contributed by atoms with Crippen molar-refractivity contribution < 1.29 is 14.7 Å². The van der Waals surface area contributed by atoms with E-state index >= 15 is 0 Å². The standard InChI is InChI=1S/C14H17NO3/c1-8-4-5-9(2)12(6-8)15-10(3)11(14(17)18)7-13(15)16/h4-6,10-11H,7H2,1-3H3,(H,17,18). The number of aryl methyl sites for hydroxylation is 2. The van der Waals surface area contributed by atoms with Crippen LogP contribution in [-0.4, -0.2) is 23.0 Å². The van der Waals surface area contributed by atoms with Crippen molar-refractivity contribution in [2.24, 2.45) is 5.92 Å². The molecule has 1 saturated heterocycles. The van der Waals surface area contributed by atoms with E-state index in [1.807, 2.05) is 32.0 Å². The normalized spacial score (nSPS) is 23.5. The van der Waals surface area contributed by atoms with E-state index in [1.165, 1.54) is 0 Å². The summed E-state index contributed by atoms with van der Waals surface area (Å²) < 4.78 is 0. The summed E-state index contributed by atoms with van der Waals surface area (Å²) in [5.41, 5.74) is 2.89. The van der Waals surface area contributed by atoms with E-state index in [1.54, 1.807) is 11.8 Å². The van der Waals surface area contributed by atoms with Crippen molar-refractivity contribution in [3.63, 3.8) is 0 Å². The van der Waals surface area contributed by atoms with E-state index in [0.29, 0.717) is 0 Å². The number of hydrogen-bond donors (Lipinski definition) is 1. The maximum absolute atomic E-state index is 12.0. The first-order chi connectivity index (χ1) is 8.41. The molecule has 2 rings (SSSR count). The van der Waals surface area contributed by atoms with E-state index in [9.17, 15) is 9.59 Å². The molecule has 18 heavy (non-hydrogen) atoms. The van der Waals surface area contributed by atoms with Crippen molar-refractivity contribution in [1.82, 2.24) is 0 Å². The molecular formula is C14H17NO3. The van der Waals surface area contributed by atoms with E-state index in [0.717, 1.165) is 16.8 Å². The summed E-state index contributed by atoms with van der Waals surface area (Å²) in [4.78, 5) is 24.8. The molecule has 0 spiro atoms. The number of carbonyl (C=O) groups excluding carboxylic acids is 1. The zero-order valence-corrected chi connectivity index (χ0v) is 10.8. The first-order valence-electron chi connectivity index (χ1n) is 6.04. The maximum Gasteiger partial charge on any atom is 0.309 e. The smallest absolute Gasteiger partial charge is 0.309 e. The average Bonchev–Trinajstić information content (AvgIpc) is 2.58. The largest absolute Gasteiger partial charge is 0.481 e. The van der Waals surface area contributed by atoms with Gasteiger partial charge in [-0.1, -0.05) is 12.1 Å². The fourth-order valence-electron chi connectivity index (χ4n) is 2.49. The van der Waals surface area contributed by atoms with Gasteiger partial charge in [0.1, 0.15) is 0 Å². The van der Waals surface area contributed by atoms with Crippen LogP contribution < -0.4 is 4.90 Å². The quantitative estimate of drug-likeness (QED) is 0.871. The molecule has 96 valence electrons. The predicted octanol–water partition coefficient (Wildman–Crippen LogP) is 2.13. The van der Waals surface area contributed by atoms with Crippen LogP contribution in [0.4, 0.5) is 5.69 Å². The average molecular weight is 247 g/mol. The molecule has 1 aromatic carbocycles. The minimum Gasteiger partial charge on any atom is -0.481 e. The lowest BCUT2D eigenvalue weighted by molar-refractivity contribution is -0.142. The van der Waals surface area contributed by atoms with Crippen LogP contribution in [-0.2, 0) is 9.59 Å². The molecule has 0 saturated carbocycles. The van der Waals surface area contributed by atoms with Gasteiger partial charge in [0.15, 0.2) is 0 Å². The first kappa shape index (κ1) is 12.6. The number of rotatable bonds is 2. The Morgan fingerprint density at radius 3 is 2.61 bits per heavy atom. The minimum atomic E-state index is -0.899. The number of benzene rings is 1. The van der Waals surface area contributed by atoms with E-state index < -0.39 is 11.9 Å². The van der Waals surface area contributed by atoms with Crippen LogP contribution >= 0.6 is 0 Å². The molecule has 2 unspecified atom stereocenters. The third-order valence-electron chi connectivity index (χ3n) is 3.59. The van der Waals surface area contributed by atoms with Crippen LogP contribution in [0.3, 0.4) is 0 Å². The van der Waals surface area contributed by atoms with Gasteiger partial charge in [-0.25, -0.2) is 0 Å². The molecule has 1 aliphatic rings. The topological polar surface area (TPSA) is 57.6 Å². The Bertz CT molecular complexity index is 510. The van der Waals surface area contributed by atoms with Crippen molar-refractivity contribution >= 4 is 17.6 Å². The summed E-state index contributed by atoms with van der Waals surface area (Å²) in [6.07, 6.45) is 0.0872. The van der Waals surface area contributed by atoms with Crippen LogP contribution in [0, 0.1) is 19.8 Å². The molecule has 0 aromatic heterocycles. The molecule has 0 radical (unpaired) electrons. The molecule has 1 aliphatic heterocycles. The fourth-order valence-corrected chi connectivity index (χ4v) is 2.49.